The van der Waals surface area contributed by atoms with Gasteiger partial charge in [-0.3, -0.25) is 40.5 Å². The van der Waals surface area contributed by atoms with Crippen LogP contribution in [0.15, 0.2) is 147 Å². The van der Waals surface area contributed by atoms with Gasteiger partial charge in [0.2, 0.25) is 23.8 Å². The van der Waals surface area contributed by atoms with Crippen molar-refractivity contribution in [2.75, 3.05) is 89.7 Å². The summed E-state index contributed by atoms with van der Waals surface area (Å²) in [6, 6.07) is 24.7. The summed E-state index contributed by atoms with van der Waals surface area (Å²) in [6.07, 6.45) is 18.0. The average Bonchev–Trinajstić information content (AvgIpc) is 1.70. The molecule has 9 aromatic heterocycles. The Balaban J connectivity index is 0.000000143. The predicted octanol–water partition coefficient (Wildman–Crippen LogP) is 8.77. The molecule has 2 saturated heterocycles. The quantitative estimate of drug-likeness (QED) is 0.0422. The van der Waals surface area contributed by atoms with Crippen LogP contribution >= 0.6 is 0 Å². The van der Waals surface area contributed by atoms with E-state index in [-0.39, 0.29) is 43.3 Å². The van der Waals surface area contributed by atoms with Gasteiger partial charge in [-0.25, -0.2) is 64.2 Å². The summed E-state index contributed by atoms with van der Waals surface area (Å²) in [4.78, 5) is 116. The molecule has 2 fully saturated rings. The number of methoxy groups -OCH3 is 2. The Hall–Kier alpha value is -12.1. The third-order valence-electron chi connectivity index (χ3n) is 16.0. The first-order valence-electron chi connectivity index (χ1n) is 31.8. The van der Waals surface area contributed by atoms with Crippen LogP contribution in [0.2, 0.25) is 0 Å². The normalized spacial score (nSPS) is 14.7. The highest BCUT2D eigenvalue weighted by molar-refractivity contribution is 5.99. The molecule has 0 spiro atoms. The summed E-state index contributed by atoms with van der Waals surface area (Å²) in [6.45, 7) is 11.3. The molecule has 12 aromatic rings. The van der Waals surface area contributed by atoms with Crippen LogP contribution in [0.1, 0.15) is 32.2 Å². The summed E-state index contributed by atoms with van der Waals surface area (Å²) < 4.78 is 22.8. The van der Waals surface area contributed by atoms with Crippen LogP contribution in [0, 0.1) is 0 Å². The molecule has 14 rings (SSSR count). The van der Waals surface area contributed by atoms with E-state index in [2.05, 4.69) is 101 Å². The molecule has 0 unspecified atom stereocenters. The molecule has 31 nitrogen and oxygen atoms in total. The maximum atomic E-state index is 12.0. The minimum atomic E-state index is -0.578. The second-order valence-corrected chi connectivity index (χ2v) is 22.7. The topological polar surface area (TPSA) is 370 Å². The van der Waals surface area contributed by atoms with Crippen molar-refractivity contribution in [2.24, 2.45) is 0 Å². The molecule has 0 saturated carbocycles. The number of ether oxygens (including phenoxy) is 4. The van der Waals surface area contributed by atoms with E-state index in [9.17, 15) is 19.2 Å². The zero-order valence-corrected chi connectivity index (χ0v) is 55.0. The van der Waals surface area contributed by atoms with E-state index in [0.29, 0.717) is 72.1 Å². The number of piperazine rings is 1. The molecule has 0 radical (unpaired) electrons. The molecule has 2 atom stereocenters. The SMILES string of the molecule is CCNC(=O)Nc1nc2c(-c3ncccn3)cc(-c3ccc(CN4CCN(C)C(=O)C4)nc3)cc2[nH]1.CCOC(=O)Nc1nc2c(-c3ncccn3)cc(-c3ccc(CN4C[C@H](OC)[C@@H](OC)C4)nc3)cc2[nH]1.CCOC(=O)Nc1nc2c(-c3ncccn3)cc(-n3ccnc3)cc2[nH]1. The van der Waals surface area contributed by atoms with Gasteiger partial charge in [0.15, 0.2) is 17.5 Å². The number of carbonyl (C=O) groups is 4. The number of carbonyl (C=O) groups excluding carboxylic acids is 4. The van der Waals surface area contributed by atoms with Gasteiger partial charge in [0.25, 0.3) is 0 Å². The minimum absolute atomic E-state index is 0.0623. The Bertz CT molecular complexity index is 4720. The highest BCUT2D eigenvalue weighted by Crippen LogP contribution is 2.35. The molecular formula is C68H71N23O8. The lowest BCUT2D eigenvalue weighted by Gasteiger charge is -2.31. The first-order chi connectivity index (χ1) is 48.3. The Morgan fingerprint density at radius 2 is 1.01 bits per heavy atom. The number of aromatic nitrogens is 16. The molecule has 2 aliphatic heterocycles. The van der Waals surface area contributed by atoms with Crippen molar-refractivity contribution in [1.29, 1.82) is 0 Å². The van der Waals surface area contributed by atoms with Crippen molar-refractivity contribution < 1.29 is 38.1 Å². The van der Waals surface area contributed by atoms with Crippen LogP contribution in [0.4, 0.5) is 32.2 Å². The third-order valence-corrected chi connectivity index (χ3v) is 16.0. The zero-order chi connectivity index (χ0) is 68.8. The number of benzene rings is 3. The molecule has 2 aliphatic rings. The van der Waals surface area contributed by atoms with Crippen LogP contribution in [-0.2, 0) is 36.8 Å². The molecule has 99 heavy (non-hydrogen) atoms. The van der Waals surface area contributed by atoms with Gasteiger partial charge in [-0.15, -0.1) is 0 Å². The van der Waals surface area contributed by atoms with E-state index in [1.54, 1.807) is 101 Å². The first kappa shape index (κ1) is 66.9. The van der Waals surface area contributed by atoms with E-state index in [4.69, 9.17) is 23.9 Å². The average molecular weight is 1340 g/mol. The fraction of sp³-hybridized carbons (Fsp3) is 0.265. The van der Waals surface area contributed by atoms with Crippen LogP contribution in [0.25, 0.3) is 95.2 Å². The first-order valence-corrected chi connectivity index (χ1v) is 31.8. The number of nitrogens with zero attached hydrogens (tertiary/aromatic N) is 16. The molecular weight excluding hydrogens is 1270 g/mol. The third kappa shape index (κ3) is 16.3. The lowest BCUT2D eigenvalue weighted by Crippen LogP contribution is -2.48. The van der Waals surface area contributed by atoms with Crippen LogP contribution in [-0.4, -0.2) is 204 Å². The highest BCUT2D eigenvalue weighted by atomic mass is 16.6. The van der Waals surface area contributed by atoms with Crippen molar-refractivity contribution in [3.8, 4) is 62.1 Å². The number of rotatable bonds is 18. The zero-order valence-electron chi connectivity index (χ0n) is 55.0. The monoisotopic (exact) mass is 1340 g/mol. The smallest absolute Gasteiger partial charge is 0.413 e. The van der Waals surface area contributed by atoms with Gasteiger partial charge in [0.1, 0.15) is 16.6 Å². The van der Waals surface area contributed by atoms with Gasteiger partial charge in [-0.05, 0) is 98.6 Å². The number of urea groups is 1. The Morgan fingerprint density at radius 3 is 1.43 bits per heavy atom. The standard InChI is InChI=1S/C26H29N7O4.C25H27N9O2.C17H15N7O2/c1-4-37-26(34)32-25-30-20-11-17(10-19(23(20)31-25)24-27-8-5-9-28-24)16-6-7-18(29-12-16)13-33-14-21(35-2)22(15-33)36-3;1-3-26-25(36)32-24-30-20-12-17(11-19(22(20)31-24)23-27-7-4-8-28-23)16-5-6-18(29-13-16)14-34-10-9-33(2)21(35)15-34;1-2-26-17(25)23-16-21-13-9-11(24-7-6-18-10-24)8-12(14(13)22-16)15-19-4-3-5-20-15/h5-12,21-22H,4,13-15H2,1-3H3,(H2,30,31,32,34);4-8,11-13H,3,9-10,14-15H2,1-2H3,(H3,26,30,31,32,36);3-10H,2H2,1H3,(H2,21,22,23,25)/t21-,22-;;/m0../s1. The summed E-state index contributed by atoms with van der Waals surface area (Å²) >= 11 is 0. The summed E-state index contributed by atoms with van der Waals surface area (Å²) in [7, 11) is 5.26. The highest BCUT2D eigenvalue weighted by Gasteiger charge is 2.33. The molecule has 0 bridgehead atoms. The van der Waals surface area contributed by atoms with Gasteiger partial charge in [-0.2, -0.15) is 0 Å². The van der Waals surface area contributed by atoms with Crippen LogP contribution < -0.4 is 21.3 Å². The van der Waals surface area contributed by atoms with Crippen molar-refractivity contribution >= 4 is 75.1 Å². The summed E-state index contributed by atoms with van der Waals surface area (Å²) in [5.41, 5.74) is 12.7. The second-order valence-electron chi connectivity index (χ2n) is 22.7. The van der Waals surface area contributed by atoms with Crippen LogP contribution in [0.3, 0.4) is 0 Å². The number of hydrogen-bond acceptors (Lipinski definition) is 22. The van der Waals surface area contributed by atoms with E-state index in [1.807, 2.05) is 97.8 Å². The van der Waals surface area contributed by atoms with Crippen molar-refractivity contribution in [2.45, 2.75) is 46.1 Å². The number of hydrogen-bond donors (Lipinski definition) is 7. The number of aromatic amines is 3. The summed E-state index contributed by atoms with van der Waals surface area (Å²) in [5.74, 6) is 2.63. The Labute approximate surface area is 566 Å². The number of H-pyrrole nitrogens is 3. The fourth-order valence-electron chi connectivity index (χ4n) is 11.3. The van der Waals surface area contributed by atoms with Gasteiger partial charge in [-0.1, -0.05) is 12.1 Å². The molecule has 0 aliphatic carbocycles. The number of fused-ring (bicyclic) bond motifs is 3. The van der Waals surface area contributed by atoms with E-state index in [0.717, 1.165) is 98.7 Å². The molecule has 3 aromatic carbocycles. The van der Waals surface area contributed by atoms with Gasteiger partial charge >= 0.3 is 18.2 Å². The van der Waals surface area contributed by atoms with Crippen molar-refractivity contribution in [3.63, 3.8) is 0 Å². The van der Waals surface area contributed by atoms with Crippen molar-refractivity contribution in [1.82, 2.24) is 99.3 Å². The number of amides is 5. The van der Waals surface area contributed by atoms with Crippen molar-refractivity contribution in [3.05, 3.63) is 159 Å². The Kier molecular flexibility index (Phi) is 21.1. The number of likely N-dealkylation sites (N-methyl/N-ethyl adjacent to an activating group) is 1. The van der Waals surface area contributed by atoms with Gasteiger partial charge in [0.05, 0.1) is 66.2 Å². The maximum absolute atomic E-state index is 12.0. The lowest BCUT2D eigenvalue weighted by molar-refractivity contribution is -0.134. The number of likely N-dealkylation sites (tertiary alicyclic amines) is 1. The van der Waals surface area contributed by atoms with E-state index in [1.165, 1.54) is 0 Å². The molecule has 7 N–H and O–H groups in total. The second kappa shape index (κ2) is 31.2. The Morgan fingerprint density at radius 1 is 0.545 bits per heavy atom. The summed E-state index contributed by atoms with van der Waals surface area (Å²) in [5, 5.41) is 10.6. The fourth-order valence-corrected chi connectivity index (χ4v) is 11.3. The molecule has 5 amide bonds. The number of anilines is 3. The van der Waals surface area contributed by atoms with Gasteiger partial charge < -0.3 is 48.7 Å². The molecule has 11 heterocycles. The molecule has 506 valence electrons. The lowest BCUT2D eigenvalue weighted by atomic mass is 10.0. The minimum Gasteiger partial charge on any atom is -0.450 e. The van der Waals surface area contributed by atoms with E-state index < -0.39 is 12.2 Å². The predicted molar refractivity (Wildman–Crippen MR) is 369 cm³/mol. The number of pyridine rings is 2. The molecule has 31 heteroatoms. The van der Waals surface area contributed by atoms with E-state index >= 15 is 0 Å². The largest absolute Gasteiger partial charge is 0.450 e. The number of imidazole rings is 4. The maximum Gasteiger partial charge on any atom is 0.413 e. The van der Waals surface area contributed by atoms with Crippen LogP contribution in [0.5, 0.6) is 0 Å². The van der Waals surface area contributed by atoms with Gasteiger partial charge in [0, 0.05) is 163 Å². The number of nitrogens with one attached hydrogen (secondary N) is 7.